The molecule has 4 nitrogen and oxygen atoms in total. The number of aliphatic imine (C=N–C) groups is 1. The Morgan fingerprint density at radius 1 is 1.28 bits per heavy atom. The van der Waals surface area contributed by atoms with Crippen LogP contribution < -0.4 is 0 Å². The predicted molar refractivity (Wildman–Crippen MR) is 62.4 cm³/mol. The van der Waals surface area contributed by atoms with Gasteiger partial charge in [-0.15, -0.1) is 0 Å². The van der Waals surface area contributed by atoms with E-state index in [2.05, 4.69) is 9.98 Å². The molecule has 2 rings (SSSR count). The third-order valence-electron chi connectivity index (χ3n) is 2.78. The number of methoxy groups -OCH3 is 2. The molecule has 0 unspecified atom stereocenters. The topological polar surface area (TPSA) is 43.7 Å². The number of ether oxygens (including phenoxy) is 2. The molecular weight excluding hydrogens is 242 g/mol. The van der Waals surface area contributed by atoms with Crippen LogP contribution in [0.3, 0.4) is 0 Å². The van der Waals surface area contributed by atoms with Gasteiger partial charge in [-0.25, -0.2) is 18.8 Å². The number of hydrogen-bond donors (Lipinski definition) is 0. The lowest BCUT2D eigenvalue weighted by Gasteiger charge is -2.19. The smallest absolute Gasteiger partial charge is 0.265 e. The van der Waals surface area contributed by atoms with Crippen molar-refractivity contribution in [2.45, 2.75) is 25.6 Å². The average molecular weight is 256 g/mol. The number of rotatable bonds is 4. The highest BCUT2D eigenvalue weighted by Gasteiger charge is 2.24. The van der Waals surface area contributed by atoms with Crippen LogP contribution in [0.15, 0.2) is 11.1 Å². The third-order valence-corrected chi connectivity index (χ3v) is 2.78. The maximum absolute atomic E-state index is 13.0. The van der Waals surface area contributed by atoms with Crippen LogP contribution in [0.5, 0.6) is 0 Å². The fourth-order valence-corrected chi connectivity index (χ4v) is 1.93. The molecule has 0 aliphatic carbocycles. The number of hydrogen-bond acceptors (Lipinski definition) is 4. The molecule has 1 aromatic rings. The predicted octanol–water partition coefficient (Wildman–Crippen LogP) is 2.96. The number of fused-ring (bicyclic) bond motifs is 1. The SMILES string of the molecule is COC(OC)c1nc2c(cc1C(F)F)CCC=N2. The zero-order chi connectivity index (χ0) is 13.1. The molecule has 0 saturated carbocycles. The standard InChI is InChI=1S/C12H14F2N2O2/c1-17-12(18-2)9-8(10(13)14)6-7-4-3-5-15-11(7)16-9/h5-6,10,12H,3-4H2,1-2H3. The summed E-state index contributed by atoms with van der Waals surface area (Å²) in [6, 6.07) is 1.45. The highest BCUT2D eigenvalue weighted by atomic mass is 19.3. The van der Waals surface area contributed by atoms with Crippen LogP contribution in [-0.4, -0.2) is 25.4 Å². The number of alkyl halides is 2. The van der Waals surface area contributed by atoms with E-state index in [1.54, 1.807) is 6.21 Å². The Morgan fingerprint density at radius 3 is 2.61 bits per heavy atom. The van der Waals surface area contributed by atoms with Gasteiger partial charge in [0.15, 0.2) is 5.82 Å². The Bertz CT molecular complexity index is 460. The molecule has 1 aliphatic rings. The van der Waals surface area contributed by atoms with E-state index in [4.69, 9.17) is 9.47 Å². The van der Waals surface area contributed by atoms with Crippen molar-refractivity contribution in [3.63, 3.8) is 0 Å². The van der Waals surface area contributed by atoms with Crippen LogP contribution in [0, 0.1) is 0 Å². The molecule has 18 heavy (non-hydrogen) atoms. The largest absolute Gasteiger partial charge is 0.350 e. The molecule has 0 N–H and O–H groups in total. The summed E-state index contributed by atoms with van der Waals surface area (Å²) in [4.78, 5) is 8.26. The van der Waals surface area contributed by atoms with E-state index in [-0.39, 0.29) is 11.3 Å². The molecule has 2 heterocycles. The second-order valence-corrected chi connectivity index (χ2v) is 3.90. The molecule has 1 aliphatic heterocycles. The molecule has 6 heteroatoms. The monoisotopic (exact) mass is 256 g/mol. The number of aromatic nitrogens is 1. The molecule has 98 valence electrons. The first-order chi connectivity index (χ1) is 8.67. The lowest BCUT2D eigenvalue weighted by atomic mass is 10.0. The summed E-state index contributed by atoms with van der Waals surface area (Å²) in [6.45, 7) is 0. The van der Waals surface area contributed by atoms with E-state index in [1.807, 2.05) is 0 Å². The first-order valence-electron chi connectivity index (χ1n) is 5.57. The van der Waals surface area contributed by atoms with Gasteiger partial charge in [0, 0.05) is 26.0 Å². The molecule has 0 aromatic carbocycles. The van der Waals surface area contributed by atoms with Crippen LogP contribution in [0.4, 0.5) is 14.6 Å². The van der Waals surface area contributed by atoms with Gasteiger partial charge in [-0.05, 0) is 24.5 Å². The van der Waals surface area contributed by atoms with E-state index in [0.717, 1.165) is 12.0 Å². The summed E-state index contributed by atoms with van der Waals surface area (Å²) < 4.78 is 36.1. The number of aryl methyl sites for hydroxylation is 1. The Hall–Kier alpha value is -1.40. The fraction of sp³-hybridized carbons (Fsp3) is 0.500. The number of halogens is 2. The second kappa shape index (κ2) is 5.49. The third kappa shape index (κ3) is 2.39. The minimum Gasteiger partial charge on any atom is -0.350 e. The normalized spacial score (nSPS) is 14.3. The Balaban J connectivity index is 2.52. The first-order valence-corrected chi connectivity index (χ1v) is 5.57. The van der Waals surface area contributed by atoms with E-state index < -0.39 is 12.7 Å². The minimum absolute atomic E-state index is 0.0906. The molecule has 0 saturated heterocycles. The van der Waals surface area contributed by atoms with Crippen LogP contribution >= 0.6 is 0 Å². The van der Waals surface area contributed by atoms with Gasteiger partial charge in [-0.1, -0.05) is 0 Å². The molecule has 0 radical (unpaired) electrons. The van der Waals surface area contributed by atoms with Crippen molar-refractivity contribution in [2.24, 2.45) is 4.99 Å². The van der Waals surface area contributed by atoms with Crippen LogP contribution in [0.25, 0.3) is 0 Å². The Kier molecular flexibility index (Phi) is 3.98. The van der Waals surface area contributed by atoms with E-state index >= 15 is 0 Å². The average Bonchev–Trinajstić information content (AvgIpc) is 2.39. The lowest BCUT2D eigenvalue weighted by molar-refractivity contribution is -0.110. The number of nitrogens with zero attached hydrogens (tertiary/aromatic N) is 2. The van der Waals surface area contributed by atoms with E-state index in [0.29, 0.717) is 12.2 Å². The van der Waals surface area contributed by atoms with Gasteiger partial charge in [0.1, 0.15) is 5.69 Å². The second-order valence-electron chi connectivity index (χ2n) is 3.90. The van der Waals surface area contributed by atoms with Gasteiger partial charge in [0.05, 0.1) is 0 Å². The van der Waals surface area contributed by atoms with Crippen molar-refractivity contribution in [2.75, 3.05) is 14.2 Å². The van der Waals surface area contributed by atoms with Gasteiger partial charge >= 0.3 is 0 Å². The molecule has 0 atom stereocenters. The summed E-state index contributed by atoms with van der Waals surface area (Å²) in [7, 11) is 2.77. The van der Waals surface area contributed by atoms with Crippen LogP contribution in [0.1, 0.15) is 36.0 Å². The first kappa shape index (κ1) is 13.0. The highest BCUT2D eigenvalue weighted by Crippen LogP contribution is 2.33. The van der Waals surface area contributed by atoms with Gasteiger partial charge < -0.3 is 9.47 Å². The molecule has 0 bridgehead atoms. The summed E-state index contributed by atoms with van der Waals surface area (Å²) in [5, 5.41) is 0. The highest BCUT2D eigenvalue weighted by molar-refractivity contribution is 5.67. The Morgan fingerprint density at radius 2 is 2.00 bits per heavy atom. The number of pyridine rings is 1. The zero-order valence-electron chi connectivity index (χ0n) is 10.2. The summed E-state index contributed by atoms with van der Waals surface area (Å²) in [6.07, 6.45) is -0.367. The van der Waals surface area contributed by atoms with Crippen molar-refractivity contribution in [3.05, 3.63) is 22.9 Å². The Labute approximate surface area is 104 Å². The van der Waals surface area contributed by atoms with Gasteiger partial charge in [-0.3, -0.25) is 0 Å². The minimum atomic E-state index is -2.61. The van der Waals surface area contributed by atoms with Gasteiger partial charge in [0.25, 0.3) is 6.43 Å². The lowest BCUT2D eigenvalue weighted by Crippen LogP contribution is -2.12. The zero-order valence-corrected chi connectivity index (χ0v) is 10.2. The van der Waals surface area contributed by atoms with E-state index in [1.165, 1.54) is 20.3 Å². The van der Waals surface area contributed by atoms with Gasteiger partial charge in [0.2, 0.25) is 6.29 Å². The van der Waals surface area contributed by atoms with Crippen molar-refractivity contribution in [1.29, 1.82) is 0 Å². The molecule has 0 amide bonds. The summed E-state index contributed by atoms with van der Waals surface area (Å²) in [5.74, 6) is 0.472. The van der Waals surface area contributed by atoms with E-state index in [9.17, 15) is 8.78 Å². The summed E-state index contributed by atoms with van der Waals surface area (Å²) >= 11 is 0. The molecular formula is C12H14F2N2O2. The fourth-order valence-electron chi connectivity index (χ4n) is 1.93. The molecule has 0 fully saturated rings. The van der Waals surface area contributed by atoms with Crippen molar-refractivity contribution < 1.29 is 18.3 Å². The molecule has 0 spiro atoms. The van der Waals surface area contributed by atoms with Crippen LogP contribution in [0.2, 0.25) is 0 Å². The summed E-state index contributed by atoms with van der Waals surface area (Å²) in [5.41, 5.74) is 0.676. The quantitative estimate of drug-likeness (QED) is 0.778. The molecule has 1 aromatic heterocycles. The van der Waals surface area contributed by atoms with Gasteiger partial charge in [-0.2, -0.15) is 0 Å². The van der Waals surface area contributed by atoms with Crippen molar-refractivity contribution >= 4 is 12.0 Å². The maximum Gasteiger partial charge on any atom is 0.265 e. The van der Waals surface area contributed by atoms with Crippen molar-refractivity contribution in [1.82, 2.24) is 4.98 Å². The maximum atomic E-state index is 13.0. The van der Waals surface area contributed by atoms with Crippen molar-refractivity contribution in [3.8, 4) is 0 Å². The van der Waals surface area contributed by atoms with Crippen LogP contribution in [-0.2, 0) is 15.9 Å².